The van der Waals surface area contributed by atoms with Crippen LogP contribution in [-0.4, -0.2) is 77.8 Å². The van der Waals surface area contributed by atoms with Crippen molar-refractivity contribution in [3.05, 3.63) is 11.1 Å². The summed E-state index contributed by atoms with van der Waals surface area (Å²) in [5.41, 5.74) is 3.80. The van der Waals surface area contributed by atoms with Crippen molar-refractivity contribution in [3.8, 4) is 0 Å². The third kappa shape index (κ3) is 3.94. The van der Waals surface area contributed by atoms with E-state index in [9.17, 15) is 0 Å². The van der Waals surface area contributed by atoms with Crippen molar-refractivity contribution < 1.29 is 4.74 Å². The molecule has 1 aliphatic heterocycles. The van der Waals surface area contributed by atoms with Crippen LogP contribution in [-0.2, 0) is 17.6 Å². The highest BCUT2D eigenvalue weighted by Crippen LogP contribution is 2.42. The molecule has 1 fully saturated rings. The molecule has 0 saturated carbocycles. The first kappa shape index (κ1) is 20.8. The molecule has 4 heterocycles. The molecule has 0 unspecified atom stereocenters. The number of aromatic nitrogens is 4. The van der Waals surface area contributed by atoms with Gasteiger partial charge in [0.2, 0.25) is 0 Å². The minimum atomic E-state index is 0.775. The van der Waals surface area contributed by atoms with Crippen LogP contribution in [0.1, 0.15) is 37.8 Å². The lowest BCUT2D eigenvalue weighted by Crippen LogP contribution is -2.37. The largest absolute Gasteiger partial charge is 0.378 e. The number of hydrogen-bond donors (Lipinski definition) is 1. The Hall–Kier alpha value is -2.10. The molecule has 8 nitrogen and oxygen atoms in total. The molecule has 2 aliphatic rings. The zero-order valence-corrected chi connectivity index (χ0v) is 19.3. The molecule has 0 aromatic carbocycles. The first-order valence-corrected chi connectivity index (χ1v) is 12.4. The summed E-state index contributed by atoms with van der Waals surface area (Å²) in [5, 5.41) is 17.6. The molecule has 3 aromatic heterocycles. The van der Waals surface area contributed by atoms with Gasteiger partial charge >= 0.3 is 0 Å². The fraction of sp³-hybridized carbons (Fsp3) is 0.636. The van der Waals surface area contributed by atoms with Crippen molar-refractivity contribution in [2.24, 2.45) is 0 Å². The summed E-state index contributed by atoms with van der Waals surface area (Å²) in [4.78, 5) is 11.1. The molecular formula is C22H31N7OS. The van der Waals surface area contributed by atoms with Gasteiger partial charge in [-0.3, -0.25) is 0 Å². The summed E-state index contributed by atoms with van der Waals surface area (Å²) in [6.45, 7) is 11.7. The van der Waals surface area contributed by atoms with E-state index in [0.29, 0.717) is 0 Å². The molecule has 1 saturated heterocycles. The van der Waals surface area contributed by atoms with Gasteiger partial charge in [0, 0.05) is 31.6 Å². The molecule has 1 aliphatic carbocycles. The van der Waals surface area contributed by atoms with Crippen LogP contribution >= 0.6 is 11.3 Å². The van der Waals surface area contributed by atoms with Crippen molar-refractivity contribution in [2.45, 2.75) is 39.5 Å². The van der Waals surface area contributed by atoms with Crippen LogP contribution in [0.5, 0.6) is 0 Å². The van der Waals surface area contributed by atoms with Crippen molar-refractivity contribution in [2.75, 3.05) is 62.7 Å². The average Bonchev–Trinajstić information content (AvgIpc) is 3.21. The predicted molar refractivity (Wildman–Crippen MR) is 126 cm³/mol. The van der Waals surface area contributed by atoms with Gasteiger partial charge in [-0.1, -0.05) is 13.8 Å². The summed E-state index contributed by atoms with van der Waals surface area (Å²) in [6, 6.07) is 0. The quantitative estimate of drug-likeness (QED) is 0.599. The molecule has 5 rings (SSSR count). The standard InChI is InChI=1S/C22H31N7OS/c1-3-28(4-2)10-9-23-20-19-18(25-27-26-20)17-15-7-5-6-8-16(15)21(24-22(17)31-19)29-11-13-30-14-12-29/h3-14H2,1-2H3,(H,23,25,26). The van der Waals surface area contributed by atoms with Gasteiger partial charge < -0.3 is 19.9 Å². The molecule has 0 amide bonds. The number of rotatable bonds is 7. The van der Waals surface area contributed by atoms with Crippen LogP contribution in [0.3, 0.4) is 0 Å². The summed E-state index contributed by atoms with van der Waals surface area (Å²) in [7, 11) is 0. The lowest BCUT2D eigenvalue weighted by Gasteiger charge is -2.31. The fourth-order valence-corrected chi connectivity index (χ4v) is 5.89. The minimum Gasteiger partial charge on any atom is -0.378 e. The van der Waals surface area contributed by atoms with Crippen LogP contribution in [0.2, 0.25) is 0 Å². The third-order valence-corrected chi connectivity index (χ3v) is 7.62. The number of nitrogens with one attached hydrogen (secondary N) is 1. The predicted octanol–water partition coefficient (Wildman–Crippen LogP) is 3.10. The molecular weight excluding hydrogens is 410 g/mol. The highest BCUT2D eigenvalue weighted by atomic mass is 32.1. The van der Waals surface area contributed by atoms with Crippen LogP contribution in [0, 0.1) is 0 Å². The van der Waals surface area contributed by atoms with E-state index in [1.54, 1.807) is 11.3 Å². The maximum Gasteiger partial charge on any atom is 0.170 e. The Kier molecular flexibility index (Phi) is 6.15. The van der Waals surface area contributed by atoms with Crippen molar-refractivity contribution in [1.29, 1.82) is 0 Å². The van der Waals surface area contributed by atoms with Gasteiger partial charge in [0.1, 0.15) is 20.9 Å². The van der Waals surface area contributed by atoms with Crippen molar-refractivity contribution in [3.63, 3.8) is 0 Å². The number of hydrogen-bond acceptors (Lipinski definition) is 9. The Morgan fingerprint density at radius 3 is 2.61 bits per heavy atom. The Bertz CT molecular complexity index is 1060. The first-order chi connectivity index (χ1) is 15.3. The summed E-state index contributed by atoms with van der Waals surface area (Å²) < 4.78 is 6.65. The van der Waals surface area contributed by atoms with Gasteiger partial charge in [-0.15, -0.1) is 21.5 Å². The van der Waals surface area contributed by atoms with E-state index in [1.807, 2.05) is 0 Å². The third-order valence-electron chi connectivity index (χ3n) is 6.54. The summed E-state index contributed by atoms with van der Waals surface area (Å²) in [6.07, 6.45) is 4.63. The number of ether oxygens (including phenoxy) is 1. The molecule has 31 heavy (non-hydrogen) atoms. The Morgan fingerprint density at radius 1 is 1.06 bits per heavy atom. The number of thiophene rings is 1. The minimum absolute atomic E-state index is 0.775. The maximum atomic E-state index is 5.58. The van der Waals surface area contributed by atoms with Crippen molar-refractivity contribution in [1.82, 2.24) is 25.3 Å². The topological polar surface area (TPSA) is 79.3 Å². The Morgan fingerprint density at radius 2 is 1.84 bits per heavy atom. The van der Waals surface area contributed by atoms with E-state index in [0.717, 1.165) is 92.0 Å². The van der Waals surface area contributed by atoms with Crippen LogP contribution < -0.4 is 10.2 Å². The van der Waals surface area contributed by atoms with E-state index in [-0.39, 0.29) is 0 Å². The van der Waals surface area contributed by atoms with Crippen LogP contribution in [0.25, 0.3) is 20.4 Å². The first-order valence-electron chi connectivity index (χ1n) is 11.6. The Balaban J connectivity index is 1.56. The second-order valence-electron chi connectivity index (χ2n) is 8.25. The molecule has 9 heteroatoms. The highest BCUT2D eigenvalue weighted by Gasteiger charge is 2.26. The number of pyridine rings is 1. The molecule has 1 N–H and O–H groups in total. The molecule has 0 spiro atoms. The molecule has 0 radical (unpaired) electrons. The normalized spacial score (nSPS) is 16.9. The monoisotopic (exact) mass is 441 g/mol. The summed E-state index contributed by atoms with van der Waals surface area (Å²) in [5.74, 6) is 1.99. The molecule has 166 valence electrons. The number of morpholine rings is 1. The summed E-state index contributed by atoms with van der Waals surface area (Å²) >= 11 is 1.70. The highest BCUT2D eigenvalue weighted by molar-refractivity contribution is 7.26. The smallest absolute Gasteiger partial charge is 0.170 e. The fourth-order valence-electron chi connectivity index (χ4n) is 4.79. The van der Waals surface area contributed by atoms with Gasteiger partial charge in [-0.2, -0.15) is 0 Å². The van der Waals surface area contributed by atoms with E-state index >= 15 is 0 Å². The average molecular weight is 442 g/mol. The SMILES string of the molecule is CCN(CC)CCNc1nnnc2c1sc1nc(N3CCOCC3)c3c(c12)CCCC3. The van der Waals surface area contributed by atoms with E-state index in [1.165, 1.54) is 29.4 Å². The van der Waals surface area contributed by atoms with E-state index in [2.05, 4.69) is 44.4 Å². The number of aryl methyl sites for hydroxylation is 1. The number of fused-ring (bicyclic) bond motifs is 5. The number of likely N-dealkylation sites (N-methyl/N-ethyl adjacent to an activating group) is 1. The maximum absolute atomic E-state index is 5.58. The zero-order chi connectivity index (χ0) is 21.2. The second kappa shape index (κ2) is 9.18. The van der Waals surface area contributed by atoms with Gasteiger partial charge in [0.05, 0.1) is 13.2 Å². The van der Waals surface area contributed by atoms with E-state index in [4.69, 9.17) is 9.72 Å². The Labute approximate surface area is 187 Å². The lowest BCUT2D eigenvalue weighted by molar-refractivity contribution is 0.122. The van der Waals surface area contributed by atoms with Gasteiger partial charge in [-0.25, -0.2) is 4.98 Å². The van der Waals surface area contributed by atoms with Gasteiger partial charge in [0.15, 0.2) is 5.82 Å². The van der Waals surface area contributed by atoms with Crippen molar-refractivity contribution >= 4 is 43.4 Å². The lowest BCUT2D eigenvalue weighted by atomic mass is 9.90. The second-order valence-corrected chi connectivity index (χ2v) is 9.25. The number of nitrogens with zero attached hydrogens (tertiary/aromatic N) is 6. The number of anilines is 2. The molecule has 0 bridgehead atoms. The van der Waals surface area contributed by atoms with Crippen LogP contribution in [0.4, 0.5) is 11.6 Å². The van der Waals surface area contributed by atoms with Gasteiger partial charge in [-0.05, 0) is 55.1 Å². The van der Waals surface area contributed by atoms with Gasteiger partial charge in [0.25, 0.3) is 0 Å². The van der Waals surface area contributed by atoms with Crippen LogP contribution in [0.15, 0.2) is 0 Å². The van der Waals surface area contributed by atoms with E-state index < -0.39 is 0 Å². The molecule has 0 atom stereocenters. The molecule has 3 aromatic rings. The zero-order valence-electron chi connectivity index (χ0n) is 18.5.